The summed E-state index contributed by atoms with van der Waals surface area (Å²) in [6, 6.07) is 7.96. The topological polar surface area (TPSA) is 40.5 Å². The van der Waals surface area contributed by atoms with Crippen molar-refractivity contribution in [2.75, 3.05) is 13.9 Å². The van der Waals surface area contributed by atoms with Crippen molar-refractivity contribution >= 4 is 22.6 Å². The predicted molar refractivity (Wildman–Crippen MR) is 87.0 cm³/mol. The molecular formula is C15H15FINO3. The predicted octanol–water partition coefficient (Wildman–Crippen LogP) is 3.26. The minimum absolute atomic E-state index is 0.0111. The summed E-state index contributed by atoms with van der Waals surface area (Å²) in [5.41, 5.74) is 0.619. The molecule has 0 aliphatic heterocycles. The Morgan fingerprint density at radius 1 is 1.29 bits per heavy atom. The van der Waals surface area contributed by atoms with Gasteiger partial charge in [0, 0.05) is 13.7 Å². The van der Waals surface area contributed by atoms with E-state index < -0.39 is 5.82 Å². The summed E-state index contributed by atoms with van der Waals surface area (Å²) >= 11 is 1.97. The smallest absolute Gasteiger partial charge is 0.264 e. The first kappa shape index (κ1) is 16.0. The second-order valence-electron chi connectivity index (χ2n) is 4.28. The third-order valence-electron chi connectivity index (χ3n) is 3.01. The molecule has 0 unspecified atom stereocenters. The SMILES string of the molecule is CCn1c(-c2c(F)cccc2OCOC)ccc(I)c1=O. The Kier molecular flexibility index (Phi) is 5.35. The first-order valence-electron chi connectivity index (χ1n) is 6.40. The van der Waals surface area contributed by atoms with Gasteiger partial charge >= 0.3 is 0 Å². The molecule has 0 bridgehead atoms. The summed E-state index contributed by atoms with van der Waals surface area (Å²) in [5, 5.41) is 0. The van der Waals surface area contributed by atoms with Crippen LogP contribution in [0.3, 0.4) is 0 Å². The number of pyridine rings is 1. The maximum Gasteiger partial charge on any atom is 0.264 e. The molecule has 0 N–H and O–H groups in total. The van der Waals surface area contributed by atoms with Crippen LogP contribution in [0.4, 0.5) is 4.39 Å². The van der Waals surface area contributed by atoms with Gasteiger partial charge in [-0.3, -0.25) is 4.79 Å². The van der Waals surface area contributed by atoms with Crippen molar-refractivity contribution in [3.05, 3.63) is 50.1 Å². The van der Waals surface area contributed by atoms with Crippen molar-refractivity contribution < 1.29 is 13.9 Å². The van der Waals surface area contributed by atoms with Crippen molar-refractivity contribution in [2.24, 2.45) is 0 Å². The highest BCUT2D eigenvalue weighted by molar-refractivity contribution is 14.1. The summed E-state index contributed by atoms with van der Waals surface area (Å²) in [7, 11) is 1.49. The van der Waals surface area contributed by atoms with E-state index >= 15 is 0 Å². The number of methoxy groups -OCH3 is 1. The lowest BCUT2D eigenvalue weighted by Crippen LogP contribution is -2.23. The van der Waals surface area contributed by atoms with Gasteiger partial charge in [0.15, 0.2) is 6.79 Å². The van der Waals surface area contributed by atoms with Crippen LogP contribution in [-0.4, -0.2) is 18.5 Å². The molecule has 0 aliphatic rings. The van der Waals surface area contributed by atoms with Gasteiger partial charge in [0.1, 0.15) is 11.6 Å². The number of benzene rings is 1. The van der Waals surface area contributed by atoms with E-state index in [0.29, 0.717) is 21.6 Å². The molecule has 21 heavy (non-hydrogen) atoms. The first-order chi connectivity index (χ1) is 10.1. The van der Waals surface area contributed by atoms with E-state index in [9.17, 15) is 9.18 Å². The lowest BCUT2D eigenvalue weighted by Gasteiger charge is -2.16. The van der Waals surface area contributed by atoms with Crippen LogP contribution in [-0.2, 0) is 11.3 Å². The van der Waals surface area contributed by atoms with Gasteiger partial charge < -0.3 is 14.0 Å². The fourth-order valence-corrected chi connectivity index (χ4v) is 2.55. The van der Waals surface area contributed by atoms with E-state index in [0.717, 1.165) is 0 Å². The molecule has 1 aromatic carbocycles. The second kappa shape index (κ2) is 7.04. The Bertz CT molecular complexity index is 700. The molecule has 0 fully saturated rings. The zero-order valence-corrected chi connectivity index (χ0v) is 13.9. The van der Waals surface area contributed by atoms with Gasteiger partial charge in [-0.15, -0.1) is 0 Å². The minimum atomic E-state index is -0.439. The molecule has 0 amide bonds. The van der Waals surface area contributed by atoms with Crippen LogP contribution in [0.2, 0.25) is 0 Å². The average molecular weight is 403 g/mol. The Balaban J connectivity index is 2.67. The van der Waals surface area contributed by atoms with Gasteiger partial charge in [0.2, 0.25) is 0 Å². The molecule has 6 heteroatoms. The first-order valence-corrected chi connectivity index (χ1v) is 7.48. The Morgan fingerprint density at radius 2 is 2.05 bits per heavy atom. The zero-order chi connectivity index (χ0) is 15.4. The van der Waals surface area contributed by atoms with E-state index in [-0.39, 0.29) is 17.9 Å². The van der Waals surface area contributed by atoms with Crippen molar-refractivity contribution in [1.82, 2.24) is 4.57 Å². The highest BCUT2D eigenvalue weighted by atomic mass is 127. The molecule has 1 heterocycles. The van der Waals surface area contributed by atoms with Crippen molar-refractivity contribution in [3.8, 4) is 17.0 Å². The molecule has 2 rings (SSSR count). The standard InChI is InChI=1S/C15H15FINO3/c1-3-18-12(8-7-11(17)15(18)19)14-10(16)5-4-6-13(14)21-9-20-2/h4-8H,3,9H2,1-2H3. The van der Waals surface area contributed by atoms with E-state index in [1.807, 2.05) is 29.5 Å². The third-order valence-corrected chi connectivity index (χ3v) is 3.83. The van der Waals surface area contributed by atoms with E-state index in [4.69, 9.17) is 9.47 Å². The fourth-order valence-electron chi connectivity index (χ4n) is 2.08. The molecular weight excluding hydrogens is 388 g/mol. The number of halogens is 2. The van der Waals surface area contributed by atoms with Gasteiger partial charge in [-0.25, -0.2) is 4.39 Å². The molecule has 0 aliphatic carbocycles. The summed E-state index contributed by atoms with van der Waals surface area (Å²) in [6.45, 7) is 2.30. The van der Waals surface area contributed by atoms with Crippen LogP contribution in [0.25, 0.3) is 11.3 Å². The molecule has 2 aromatic rings. The zero-order valence-electron chi connectivity index (χ0n) is 11.7. The van der Waals surface area contributed by atoms with Gasteiger partial charge in [0.25, 0.3) is 5.56 Å². The number of rotatable bonds is 5. The average Bonchev–Trinajstić information content (AvgIpc) is 2.48. The maximum atomic E-state index is 14.3. The highest BCUT2D eigenvalue weighted by Gasteiger charge is 2.17. The van der Waals surface area contributed by atoms with Crippen LogP contribution in [0.15, 0.2) is 35.1 Å². The van der Waals surface area contributed by atoms with E-state index in [2.05, 4.69) is 0 Å². The fraction of sp³-hybridized carbons (Fsp3) is 0.267. The summed E-state index contributed by atoms with van der Waals surface area (Å²) < 4.78 is 26.7. The molecule has 0 spiro atoms. The number of nitrogens with zero attached hydrogens (tertiary/aromatic N) is 1. The lowest BCUT2D eigenvalue weighted by molar-refractivity contribution is 0.0513. The molecule has 1 aromatic heterocycles. The van der Waals surface area contributed by atoms with E-state index in [1.165, 1.54) is 17.7 Å². The van der Waals surface area contributed by atoms with Crippen LogP contribution in [0.1, 0.15) is 6.92 Å². The van der Waals surface area contributed by atoms with Gasteiger partial charge in [0.05, 0.1) is 14.8 Å². The number of aromatic nitrogens is 1. The highest BCUT2D eigenvalue weighted by Crippen LogP contribution is 2.32. The largest absolute Gasteiger partial charge is 0.467 e. The summed E-state index contributed by atoms with van der Waals surface area (Å²) in [6.07, 6.45) is 0. The third kappa shape index (κ3) is 3.26. The number of ether oxygens (including phenoxy) is 2. The van der Waals surface area contributed by atoms with Crippen LogP contribution in [0, 0.1) is 9.39 Å². The number of hydrogen-bond donors (Lipinski definition) is 0. The monoisotopic (exact) mass is 403 g/mol. The Morgan fingerprint density at radius 3 is 2.71 bits per heavy atom. The molecule has 4 nitrogen and oxygen atoms in total. The molecule has 0 saturated carbocycles. The van der Waals surface area contributed by atoms with Gasteiger partial charge in [-0.2, -0.15) is 0 Å². The van der Waals surface area contributed by atoms with Crippen LogP contribution < -0.4 is 10.3 Å². The normalized spacial score (nSPS) is 10.7. The quantitative estimate of drug-likeness (QED) is 0.569. The van der Waals surface area contributed by atoms with Gasteiger partial charge in [-0.05, 0) is 53.8 Å². The summed E-state index contributed by atoms with van der Waals surface area (Å²) in [5.74, 6) is -0.0916. The molecule has 0 saturated heterocycles. The van der Waals surface area contributed by atoms with Crippen molar-refractivity contribution in [1.29, 1.82) is 0 Å². The number of hydrogen-bond acceptors (Lipinski definition) is 3. The van der Waals surface area contributed by atoms with Gasteiger partial charge in [-0.1, -0.05) is 6.07 Å². The van der Waals surface area contributed by atoms with Crippen molar-refractivity contribution in [2.45, 2.75) is 13.5 Å². The van der Waals surface area contributed by atoms with Crippen LogP contribution in [0.5, 0.6) is 5.75 Å². The second-order valence-corrected chi connectivity index (χ2v) is 5.44. The van der Waals surface area contributed by atoms with Crippen molar-refractivity contribution in [3.63, 3.8) is 0 Å². The van der Waals surface area contributed by atoms with Crippen LogP contribution >= 0.6 is 22.6 Å². The minimum Gasteiger partial charge on any atom is -0.467 e. The molecule has 112 valence electrons. The molecule has 0 atom stereocenters. The summed E-state index contributed by atoms with van der Waals surface area (Å²) in [4.78, 5) is 12.2. The Labute approximate surface area is 135 Å². The van der Waals surface area contributed by atoms with E-state index in [1.54, 1.807) is 24.3 Å². The maximum absolute atomic E-state index is 14.3. The lowest BCUT2D eigenvalue weighted by atomic mass is 10.1. The molecule has 0 radical (unpaired) electrons. The Hall–Kier alpha value is -1.41.